The van der Waals surface area contributed by atoms with Crippen molar-refractivity contribution in [3.8, 4) is 0 Å². The molecule has 1 amide bonds. The van der Waals surface area contributed by atoms with Crippen molar-refractivity contribution in [1.82, 2.24) is 5.32 Å². The zero-order valence-electron chi connectivity index (χ0n) is 11.7. The summed E-state index contributed by atoms with van der Waals surface area (Å²) in [5, 5.41) is 2.53. The summed E-state index contributed by atoms with van der Waals surface area (Å²) in [6, 6.07) is 9.19. The van der Waals surface area contributed by atoms with Gasteiger partial charge in [0, 0.05) is 19.3 Å². The van der Waals surface area contributed by atoms with Gasteiger partial charge in [0.2, 0.25) is 5.72 Å². The fourth-order valence-corrected chi connectivity index (χ4v) is 2.60. The lowest BCUT2D eigenvalue weighted by Crippen LogP contribution is -2.58. The molecular formula is C15H15NO6. The third-order valence-electron chi connectivity index (χ3n) is 3.74. The average molecular weight is 305 g/mol. The number of carbonyl (C=O) groups is 3. The number of fused-ring (bicyclic) bond motifs is 1. The Morgan fingerprint density at radius 3 is 2.86 bits per heavy atom. The van der Waals surface area contributed by atoms with Crippen LogP contribution in [-0.2, 0) is 25.6 Å². The Balaban J connectivity index is 1.62. The molecule has 1 aromatic carbocycles. The van der Waals surface area contributed by atoms with Gasteiger partial charge in [0.15, 0.2) is 6.10 Å². The molecule has 1 N–H and O–H groups in total. The third kappa shape index (κ3) is 2.88. The van der Waals surface area contributed by atoms with Gasteiger partial charge in [-0.05, 0) is 5.56 Å². The molecule has 0 radical (unpaired) electrons. The minimum absolute atomic E-state index is 0.0293. The molecule has 0 bridgehead atoms. The van der Waals surface area contributed by atoms with Crippen molar-refractivity contribution < 1.29 is 28.6 Å². The molecule has 1 saturated carbocycles. The summed E-state index contributed by atoms with van der Waals surface area (Å²) in [6.45, 7) is 0.0984. The van der Waals surface area contributed by atoms with Crippen molar-refractivity contribution in [3.63, 3.8) is 0 Å². The van der Waals surface area contributed by atoms with Gasteiger partial charge in [0.1, 0.15) is 12.4 Å². The van der Waals surface area contributed by atoms with E-state index in [1.54, 1.807) is 0 Å². The molecule has 2 aliphatic rings. The van der Waals surface area contributed by atoms with Crippen LogP contribution in [0.3, 0.4) is 0 Å². The second-order valence-corrected chi connectivity index (χ2v) is 5.28. The lowest BCUT2D eigenvalue weighted by Gasteiger charge is -2.33. The van der Waals surface area contributed by atoms with Gasteiger partial charge < -0.3 is 14.2 Å². The number of ketones is 1. The van der Waals surface area contributed by atoms with E-state index in [2.05, 4.69) is 5.32 Å². The second kappa shape index (κ2) is 5.67. The number of hydrogen-bond acceptors (Lipinski definition) is 6. The van der Waals surface area contributed by atoms with Crippen molar-refractivity contribution in [2.45, 2.75) is 37.7 Å². The monoisotopic (exact) mass is 305 g/mol. The lowest BCUT2D eigenvalue weighted by atomic mass is 9.88. The van der Waals surface area contributed by atoms with Crippen molar-refractivity contribution in [2.75, 3.05) is 0 Å². The maximum atomic E-state index is 11.9. The van der Waals surface area contributed by atoms with Gasteiger partial charge in [-0.1, -0.05) is 30.3 Å². The number of benzene rings is 1. The van der Waals surface area contributed by atoms with Crippen LogP contribution in [0.25, 0.3) is 0 Å². The van der Waals surface area contributed by atoms with E-state index in [-0.39, 0.29) is 31.7 Å². The number of nitrogens with one attached hydrogen (secondary N) is 1. The van der Waals surface area contributed by atoms with E-state index in [0.717, 1.165) is 5.56 Å². The van der Waals surface area contributed by atoms with Crippen LogP contribution in [0.5, 0.6) is 0 Å². The number of Topliss-reactive ketones (excluding diaryl/α,β-unsaturated/α-hetero) is 1. The van der Waals surface area contributed by atoms with Crippen molar-refractivity contribution in [2.24, 2.45) is 0 Å². The van der Waals surface area contributed by atoms with E-state index in [0.29, 0.717) is 0 Å². The van der Waals surface area contributed by atoms with Crippen LogP contribution in [0.4, 0.5) is 9.59 Å². The fraction of sp³-hybridized carbons (Fsp3) is 0.400. The molecule has 7 nitrogen and oxygen atoms in total. The molecule has 1 aliphatic heterocycles. The maximum absolute atomic E-state index is 11.9. The van der Waals surface area contributed by atoms with Gasteiger partial charge in [-0.2, -0.15) is 0 Å². The summed E-state index contributed by atoms with van der Waals surface area (Å²) < 4.78 is 15.2. The van der Waals surface area contributed by atoms with Gasteiger partial charge in [0.05, 0.1) is 0 Å². The van der Waals surface area contributed by atoms with Crippen LogP contribution in [0.1, 0.15) is 24.8 Å². The molecule has 2 unspecified atom stereocenters. The molecule has 1 heterocycles. The van der Waals surface area contributed by atoms with E-state index in [9.17, 15) is 14.4 Å². The Hall–Kier alpha value is -2.57. The highest BCUT2D eigenvalue weighted by Crippen LogP contribution is 2.36. The Bertz CT molecular complexity index is 601. The fourth-order valence-electron chi connectivity index (χ4n) is 2.60. The summed E-state index contributed by atoms with van der Waals surface area (Å²) in [5.41, 5.74) is -0.469. The third-order valence-corrected chi connectivity index (χ3v) is 3.74. The van der Waals surface area contributed by atoms with Crippen LogP contribution in [0.2, 0.25) is 0 Å². The minimum Gasteiger partial charge on any atom is -0.445 e. The molecule has 1 aliphatic carbocycles. The van der Waals surface area contributed by atoms with Gasteiger partial charge in [-0.25, -0.2) is 9.59 Å². The van der Waals surface area contributed by atoms with E-state index < -0.39 is 24.1 Å². The second-order valence-electron chi connectivity index (χ2n) is 5.28. The topological polar surface area (TPSA) is 90.9 Å². The van der Waals surface area contributed by atoms with Gasteiger partial charge in [0.25, 0.3) is 0 Å². The number of rotatable bonds is 3. The molecule has 7 heteroatoms. The first-order valence-electron chi connectivity index (χ1n) is 6.98. The quantitative estimate of drug-likeness (QED) is 0.858. The van der Waals surface area contributed by atoms with Crippen LogP contribution >= 0.6 is 0 Å². The van der Waals surface area contributed by atoms with E-state index in [1.807, 2.05) is 30.3 Å². The lowest BCUT2D eigenvalue weighted by molar-refractivity contribution is -0.128. The zero-order chi connectivity index (χ0) is 15.6. The van der Waals surface area contributed by atoms with Gasteiger partial charge >= 0.3 is 12.2 Å². The number of carbonyl (C=O) groups excluding carboxylic acids is 3. The summed E-state index contributed by atoms with van der Waals surface area (Å²) in [7, 11) is 0. The molecule has 0 aromatic heterocycles. The first-order valence-corrected chi connectivity index (χ1v) is 6.98. The molecule has 1 aromatic rings. The molecule has 1 saturated heterocycles. The Morgan fingerprint density at radius 1 is 1.32 bits per heavy atom. The number of amides is 1. The average Bonchev–Trinajstić information content (AvgIpc) is 2.81. The molecule has 2 fully saturated rings. The zero-order valence-corrected chi connectivity index (χ0v) is 11.7. The van der Waals surface area contributed by atoms with Crippen LogP contribution in [0.15, 0.2) is 30.3 Å². The summed E-state index contributed by atoms with van der Waals surface area (Å²) in [4.78, 5) is 34.7. The van der Waals surface area contributed by atoms with E-state index in [1.165, 1.54) is 0 Å². The predicted molar refractivity (Wildman–Crippen MR) is 72.7 cm³/mol. The number of ether oxygens (including phenoxy) is 3. The first-order chi connectivity index (χ1) is 10.6. The minimum atomic E-state index is -1.31. The van der Waals surface area contributed by atoms with Gasteiger partial charge in [-0.15, -0.1) is 0 Å². The standard InChI is InChI=1S/C15H15NO6/c17-11-6-7-15(12(8-11)21-14(19)22-15)16-13(18)20-9-10-4-2-1-3-5-10/h1-5,12H,6-9H2,(H,16,18). The molecular weight excluding hydrogens is 290 g/mol. The maximum Gasteiger partial charge on any atom is 0.511 e. The molecule has 0 spiro atoms. The van der Waals surface area contributed by atoms with Crippen molar-refractivity contribution in [3.05, 3.63) is 35.9 Å². The largest absolute Gasteiger partial charge is 0.511 e. The SMILES string of the molecule is O=C1CCC2(NC(=O)OCc3ccccc3)OC(=O)OC2C1. The summed E-state index contributed by atoms with van der Waals surface area (Å²) in [6.07, 6.45) is -1.98. The van der Waals surface area contributed by atoms with Crippen molar-refractivity contribution in [1.29, 1.82) is 0 Å². The Kier molecular flexibility index (Phi) is 3.70. The molecule has 2 atom stereocenters. The van der Waals surface area contributed by atoms with Crippen LogP contribution in [-0.4, -0.2) is 29.9 Å². The number of hydrogen-bond donors (Lipinski definition) is 1. The summed E-state index contributed by atoms with van der Waals surface area (Å²) >= 11 is 0. The smallest absolute Gasteiger partial charge is 0.445 e. The van der Waals surface area contributed by atoms with E-state index in [4.69, 9.17) is 14.2 Å². The molecule has 116 valence electrons. The summed E-state index contributed by atoms with van der Waals surface area (Å²) in [5.74, 6) is -0.0293. The van der Waals surface area contributed by atoms with Gasteiger partial charge in [-0.3, -0.25) is 10.1 Å². The highest BCUT2D eigenvalue weighted by Gasteiger charge is 2.56. The van der Waals surface area contributed by atoms with Crippen LogP contribution < -0.4 is 5.32 Å². The first kappa shape index (κ1) is 14.4. The highest BCUT2D eigenvalue weighted by atomic mass is 16.8. The predicted octanol–water partition coefficient (Wildman–Crippen LogP) is 1.90. The van der Waals surface area contributed by atoms with Crippen molar-refractivity contribution >= 4 is 18.0 Å². The Labute approximate surface area is 126 Å². The molecule has 3 rings (SSSR count). The molecule has 22 heavy (non-hydrogen) atoms. The highest BCUT2D eigenvalue weighted by molar-refractivity contribution is 5.82. The number of alkyl carbamates (subject to hydrolysis) is 1. The normalized spacial score (nSPS) is 26.6. The van der Waals surface area contributed by atoms with E-state index >= 15 is 0 Å². The van der Waals surface area contributed by atoms with Crippen LogP contribution in [0, 0.1) is 0 Å². The Morgan fingerprint density at radius 2 is 2.09 bits per heavy atom.